The molecule has 3 amide bonds. The zero-order valence-electron chi connectivity index (χ0n) is 18.9. The summed E-state index contributed by atoms with van der Waals surface area (Å²) in [5.74, 6) is -0.835. The Morgan fingerprint density at radius 1 is 1.06 bits per heavy atom. The first-order valence-electron chi connectivity index (χ1n) is 10.7. The maximum Gasteiger partial charge on any atom is 0.293 e. The summed E-state index contributed by atoms with van der Waals surface area (Å²) in [4.78, 5) is 38.6. The van der Waals surface area contributed by atoms with Crippen LogP contribution < -0.4 is 10.1 Å². The van der Waals surface area contributed by atoms with Gasteiger partial charge < -0.3 is 10.1 Å². The molecule has 1 aliphatic rings. The fraction of sp³-hybridized carbons (Fsp3) is 0.115. The van der Waals surface area contributed by atoms with Gasteiger partial charge >= 0.3 is 0 Å². The number of carbonyl (C=O) groups excluding carboxylic acids is 3. The number of aryl methyl sites for hydroxylation is 1. The number of anilines is 1. The smallest absolute Gasteiger partial charge is 0.293 e. The Bertz CT molecular complexity index is 1380. The van der Waals surface area contributed by atoms with Gasteiger partial charge in [0.05, 0.1) is 11.4 Å². The minimum atomic E-state index is -0.498. The molecule has 1 fully saturated rings. The van der Waals surface area contributed by atoms with Crippen molar-refractivity contribution in [1.82, 2.24) is 4.90 Å². The van der Waals surface area contributed by atoms with Crippen molar-refractivity contribution in [2.45, 2.75) is 13.5 Å². The van der Waals surface area contributed by atoms with Crippen LogP contribution in [0.5, 0.6) is 5.75 Å². The molecule has 0 saturated carbocycles. The molecule has 1 N–H and O–H groups in total. The normalized spacial score (nSPS) is 14.4. The van der Waals surface area contributed by atoms with E-state index in [9.17, 15) is 18.8 Å². The highest BCUT2D eigenvalue weighted by atomic mass is 35.5. The van der Waals surface area contributed by atoms with Crippen molar-refractivity contribution in [1.29, 1.82) is 0 Å². The molecule has 3 aromatic rings. The van der Waals surface area contributed by atoms with Gasteiger partial charge in [-0.2, -0.15) is 0 Å². The summed E-state index contributed by atoms with van der Waals surface area (Å²) in [5.41, 5.74) is 2.63. The van der Waals surface area contributed by atoms with Crippen LogP contribution in [0.4, 0.5) is 14.9 Å². The molecular weight excluding hydrogens is 526 g/mol. The molecule has 0 bridgehead atoms. The minimum absolute atomic E-state index is 0.0508. The standard InChI is InChI=1S/C26H19Cl2FN2O4S/c1-15-2-7-19(12-21(15)27)30-24(32)14-35-20-8-3-16(4-9-20)10-23-25(33)31(26(34)36-23)13-17-5-6-18(29)11-22(17)28/h2-12H,13-14H2,1H3,(H,30,32)/b23-10-. The Hall–Kier alpha value is -3.33. The fourth-order valence-corrected chi connectivity index (χ4v) is 4.53. The SMILES string of the molecule is Cc1ccc(NC(=O)COc2ccc(/C=C3\SC(=O)N(Cc4ccc(F)cc4Cl)C3=O)cc2)cc1Cl. The summed E-state index contributed by atoms with van der Waals surface area (Å²) in [5, 5.41) is 2.98. The summed E-state index contributed by atoms with van der Waals surface area (Å²) in [6, 6.07) is 15.8. The Labute approximate surface area is 221 Å². The van der Waals surface area contributed by atoms with Crippen molar-refractivity contribution < 1.29 is 23.5 Å². The molecular formula is C26H19Cl2FN2O4S. The maximum absolute atomic E-state index is 13.3. The predicted octanol–water partition coefficient (Wildman–Crippen LogP) is 6.69. The second-order valence-corrected chi connectivity index (χ2v) is 9.68. The molecule has 1 aliphatic heterocycles. The van der Waals surface area contributed by atoms with Gasteiger partial charge in [0.1, 0.15) is 11.6 Å². The van der Waals surface area contributed by atoms with Gasteiger partial charge in [0.15, 0.2) is 6.61 Å². The molecule has 0 atom stereocenters. The predicted molar refractivity (Wildman–Crippen MR) is 140 cm³/mol. The number of nitrogens with one attached hydrogen (secondary N) is 1. The molecule has 6 nitrogen and oxygen atoms in total. The lowest BCUT2D eigenvalue weighted by Gasteiger charge is -2.13. The van der Waals surface area contributed by atoms with Crippen LogP contribution in [-0.4, -0.2) is 28.6 Å². The zero-order chi connectivity index (χ0) is 25.8. The van der Waals surface area contributed by atoms with E-state index >= 15 is 0 Å². The summed E-state index contributed by atoms with van der Waals surface area (Å²) in [6.45, 7) is 1.62. The minimum Gasteiger partial charge on any atom is -0.484 e. The molecule has 1 heterocycles. The van der Waals surface area contributed by atoms with Crippen LogP contribution in [0, 0.1) is 12.7 Å². The van der Waals surface area contributed by atoms with Crippen molar-refractivity contribution >= 4 is 63.8 Å². The lowest BCUT2D eigenvalue weighted by atomic mass is 10.2. The van der Waals surface area contributed by atoms with E-state index in [1.54, 1.807) is 42.5 Å². The van der Waals surface area contributed by atoms with E-state index in [2.05, 4.69) is 5.32 Å². The molecule has 1 saturated heterocycles. The van der Waals surface area contributed by atoms with Crippen molar-refractivity contribution in [3.05, 3.63) is 98.1 Å². The summed E-state index contributed by atoms with van der Waals surface area (Å²) < 4.78 is 18.8. The lowest BCUT2D eigenvalue weighted by Crippen LogP contribution is -2.27. The molecule has 36 heavy (non-hydrogen) atoms. The molecule has 0 spiro atoms. The Balaban J connectivity index is 1.34. The first kappa shape index (κ1) is 25.8. The Morgan fingerprint density at radius 3 is 2.50 bits per heavy atom. The second kappa shape index (κ2) is 11.2. The average Bonchev–Trinajstić information content (AvgIpc) is 3.10. The highest BCUT2D eigenvalue weighted by Gasteiger charge is 2.35. The summed E-state index contributed by atoms with van der Waals surface area (Å²) in [6.07, 6.45) is 1.59. The lowest BCUT2D eigenvalue weighted by molar-refractivity contribution is -0.123. The number of amides is 3. The molecule has 0 radical (unpaired) electrons. The van der Waals surface area contributed by atoms with E-state index < -0.39 is 17.0 Å². The first-order chi connectivity index (χ1) is 17.2. The Morgan fingerprint density at radius 2 is 1.81 bits per heavy atom. The second-order valence-electron chi connectivity index (χ2n) is 7.87. The van der Waals surface area contributed by atoms with Gasteiger partial charge in [-0.15, -0.1) is 0 Å². The number of ether oxygens (including phenoxy) is 1. The molecule has 10 heteroatoms. The van der Waals surface area contributed by atoms with E-state index in [0.717, 1.165) is 28.3 Å². The van der Waals surface area contributed by atoms with Crippen LogP contribution in [0.25, 0.3) is 6.08 Å². The van der Waals surface area contributed by atoms with Crippen molar-refractivity contribution in [2.24, 2.45) is 0 Å². The maximum atomic E-state index is 13.3. The molecule has 0 aromatic heterocycles. The zero-order valence-corrected chi connectivity index (χ0v) is 21.2. The highest BCUT2D eigenvalue weighted by molar-refractivity contribution is 8.18. The van der Waals surface area contributed by atoms with Gasteiger partial charge in [-0.05, 0) is 77.9 Å². The van der Waals surface area contributed by atoms with Crippen LogP contribution in [0.1, 0.15) is 16.7 Å². The van der Waals surface area contributed by atoms with Crippen LogP contribution >= 0.6 is 35.0 Å². The van der Waals surface area contributed by atoms with Crippen LogP contribution in [0.15, 0.2) is 65.6 Å². The first-order valence-corrected chi connectivity index (χ1v) is 12.2. The fourth-order valence-electron chi connectivity index (χ4n) is 3.28. The van der Waals surface area contributed by atoms with Crippen molar-refractivity contribution in [3.63, 3.8) is 0 Å². The molecule has 0 aliphatic carbocycles. The third-order valence-electron chi connectivity index (χ3n) is 5.22. The number of imide groups is 1. The largest absolute Gasteiger partial charge is 0.484 e. The van der Waals surface area contributed by atoms with Crippen LogP contribution in [0.2, 0.25) is 10.0 Å². The molecule has 184 valence electrons. The number of rotatable bonds is 7. The van der Waals surface area contributed by atoms with E-state index in [0.29, 0.717) is 27.6 Å². The van der Waals surface area contributed by atoms with Gasteiger partial charge in [-0.3, -0.25) is 19.3 Å². The highest BCUT2D eigenvalue weighted by Crippen LogP contribution is 2.34. The van der Waals surface area contributed by atoms with E-state index in [4.69, 9.17) is 27.9 Å². The topological polar surface area (TPSA) is 75.7 Å². The number of hydrogen-bond acceptors (Lipinski definition) is 5. The van der Waals surface area contributed by atoms with Gasteiger partial charge in [0, 0.05) is 15.7 Å². The third kappa shape index (κ3) is 6.26. The number of hydrogen-bond donors (Lipinski definition) is 1. The quantitative estimate of drug-likeness (QED) is 0.335. The molecule has 3 aromatic carbocycles. The molecule has 0 unspecified atom stereocenters. The van der Waals surface area contributed by atoms with E-state index in [-0.39, 0.29) is 29.0 Å². The number of carbonyl (C=O) groups is 3. The van der Waals surface area contributed by atoms with Crippen molar-refractivity contribution in [3.8, 4) is 5.75 Å². The number of benzene rings is 3. The third-order valence-corrected chi connectivity index (χ3v) is 6.89. The summed E-state index contributed by atoms with van der Waals surface area (Å²) in [7, 11) is 0. The van der Waals surface area contributed by atoms with Gasteiger partial charge in [0.2, 0.25) is 0 Å². The number of thioether (sulfide) groups is 1. The number of halogens is 3. The van der Waals surface area contributed by atoms with Gasteiger partial charge in [-0.1, -0.05) is 47.5 Å². The van der Waals surface area contributed by atoms with Gasteiger partial charge in [0.25, 0.3) is 17.1 Å². The van der Waals surface area contributed by atoms with Crippen molar-refractivity contribution in [2.75, 3.05) is 11.9 Å². The monoisotopic (exact) mass is 544 g/mol. The average molecular weight is 545 g/mol. The number of nitrogens with zero attached hydrogens (tertiary/aromatic N) is 1. The van der Waals surface area contributed by atoms with E-state index in [1.807, 2.05) is 13.0 Å². The Kier molecular flexibility index (Phi) is 7.98. The summed E-state index contributed by atoms with van der Waals surface area (Å²) >= 11 is 12.9. The van der Waals surface area contributed by atoms with Crippen LogP contribution in [-0.2, 0) is 16.1 Å². The van der Waals surface area contributed by atoms with E-state index in [1.165, 1.54) is 12.1 Å². The van der Waals surface area contributed by atoms with Gasteiger partial charge in [-0.25, -0.2) is 4.39 Å². The van der Waals surface area contributed by atoms with Crippen LogP contribution in [0.3, 0.4) is 0 Å². The molecule has 4 rings (SSSR count).